The van der Waals surface area contributed by atoms with E-state index in [9.17, 15) is 5.11 Å². The van der Waals surface area contributed by atoms with Crippen LogP contribution in [-0.4, -0.2) is 12.9 Å². The maximum Gasteiger partial charge on any atom is 0.0265 e. The number of nitrogens with zero attached hydrogens (tertiary/aromatic N) is 1. The van der Waals surface area contributed by atoms with Crippen molar-refractivity contribution in [2.75, 3.05) is 7.05 Å². The van der Waals surface area contributed by atoms with Crippen LogP contribution in [0.15, 0.2) is 53.6 Å². The summed E-state index contributed by atoms with van der Waals surface area (Å²) < 4.78 is 0. The summed E-state index contributed by atoms with van der Waals surface area (Å²) in [5, 5.41) is 11.0. The van der Waals surface area contributed by atoms with Gasteiger partial charge in [-0.05, 0) is 57.3 Å². The Bertz CT molecular complexity index is 389. The largest absolute Gasteiger partial charge is 0.862 e. The number of aliphatic imine (C=N–C) groups is 1. The predicted octanol–water partition coefficient (Wildman–Crippen LogP) is 5.52. The van der Waals surface area contributed by atoms with Crippen LogP contribution in [0.25, 0.3) is 0 Å². The highest BCUT2D eigenvalue weighted by Crippen LogP contribution is 2.01. The second-order valence-corrected chi connectivity index (χ2v) is 5.60. The van der Waals surface area contributed by atoms with Gasteiger partial charge in [-0.1, -0.05) is 68.4 Å². The monoisotopic (exact) mass is 316 g/mol. The topological polar surface area (TPSA) is 35.4 Å². The van der Waals surface area contributed by atoms with Crippen LogP contribution in [0.4, 0.5) is 0 Å². The van der Waals surface area contributed by atoms with Crippen LogP contribution in [0, 0.1) is 0 Å². The van der Waals surface area contributed by atoms with E-state index in [0.717, 1.165) is 32.1 Å². The number of hydrogen-bond donors (Lipinski definition) is 0. The average molecular weight is 317 g/mol. The van der Waals surface area contributed by atoms with Crippen molar-refractivity contribution in [2.24, 2.45) is 4.99 Å². The molecule has 2 nitrogen and oxygen atoms in total. The van der Waals surface area contributed by atoms with E-state index in [2.05, 4.69) is 60.5 Å². The molecule has 130 valence electrons. The minimum Gasteiger partial charge on any atom is -0.862 e. The molecule has 0 aromatic heterocycles. The van der Waals surface area contributed by atoms with Gasteiger partial charge in [0.1, 0.15) is 0 Å². The molecule has 0 spiro atoms. The SMILES string of the molecule is CCCCCC=CCC=CCC=CCC=CCCCC([O-])=NC. The quantitative estimate of drug-likeness (QED) is 0.180. The number of hydrogen-bond acceptors (Lipinski definition) is 2. The summed E-state index contributed by atoms with van der Waals surface area (Å²) in [5.41, 5.74) is 0. The highest BCUT2D eigenvalue weighted by Gasteiger charge is 1.83. The van der Waals surface area contributed by atoms with Crippen LogP contribution >= 0.6 is 0 Å². The summed E-state index contributed by atoms with van der Waals surface area (Å²) in [6, 6.07) is 0. The van der Waals surface area contributed by atoms with Crippen LogP contribution in [0.5, 0.6) is 0 Å². The van der Waals surface area contributed by atoms with Gasteiger partial charge >= 0.3 is 0 Å². The maximum absolute atomic E-state index is 11.0. The molecule has 0 aliphatic heterocycles. The minimum atomic E-state index is 0.000822. The Hall–Kier alpha value is -1.57. The fourth-order valence-corrected chi connectivity index (χ4v) is 2.04. The molecule has 0 heterocycles. The van der Waals surface area contributed by atoms with Gasteiger partial charge in [0.2, 0.25) is 0 Å². The molecule has 0 unspecified atom stereocenters. The highest BCUT2D eigenvalue weighted by molar-refractivity contribution is 5.70. The van der Waals surface area contributed by atoms with Gasteiger partial charge in [0, 0.05) is 7.05 Å². The molecule has 0 aromatic carbocycles. The van der Waals surface area contributed by atoms with Crippen molar-refractivity contribution in [3.8, 4) is 0 Å². The van der Waals surface area contributed by atoms with E-state index >= 15 is 0 Å². The lowest BCUT2D eigenvalue weighted by molar-refractivity contribution is -0.218. The molecule has 0 aliphatic rings. The van der Waals surface area contributed by atoms with Crippen molar-refractivity contribution in [1.82, 2.24) is 0 Å². The molecule has 0 saturated carbocycles. The van der Waals surface area contributed by atoms with E-state index in [4.69, 9.17) is 0 Å². The Kier molecular flexibility index (Phi) is 17.2. The van der Waals surface area contributed by atoms with E-state index in [-0.39, 0.29) is 5.90 Å². The summed E-state index contributed by atoms with van der Waals surface area (Å²) in [6.45, 7) is 2.24. The molecule has 0 amide bonds. The van der Waals surface area contributed by atoms with Crippen LogP contribution in [-0.2, 0) is 0 Å². The highest BCUT2D eigenvalue weighted by atomic mass is 16.3. The molecule has 23 heavy (non-hydrogen) atoms. The fraction of sp³-hybridized carbons (Fsp3) is 0.571. The molecular formula is C21H34NO-. The third kappa shape index (κ3) is 18.4. The first-order valence-corrected chi connectivity index (χ1v) is 9.03. The first kappa shape index (κ1) is 21.4. The second-order valence-electron chi connectivity index (χ2n) is 5.60. The third-order valence-electron chi connectivity index (χ3n) is 3.47. The molecule has 0 fully saturated rings. The van der Waals surface area contributed by atoms with E-state index in [1.807, 2.05) is 0 Å². The van der Waals surface area contributed by atoms with Gasteiger partial charge in [-0.2, -0.15) is 0 Å². The summed E-state index contributed by atoms with van der Waals surface area (Å²) in [7, 11) is 1.56. The van der Waals surface area contributed by atoms with Crippen LogP contribution in [0.2, 0.25) is 0 Å². The number of allylic oxidation sites excluding steroid dienone is 8. The lowest BCUT2D eigenvalue weighted by Gasteiger charge is -2.06. The van der Waals surface area contributed by atoms with Gasteiger partial charge in [0.25, 0.3) is 0 Å². The Morgan fingerprint density at radius 3 is 1.70 bits per heavy atom. The van der Waals surface area contributed by atoms with Gasteiger partial charge in [0.05, 0.1) is 0 Å². The van der Waals surface area contributed by atoms with Gasteiger partial charge in [-0.25, -0.2) is 0 Å². The normalized spacial score (nSPS) is 13.4. The molecule has 0 atom stereocenters. The van der Waals surface area contributed by atoms with Gasteiger partial charge in [-0.15, -0.1) is 0 Å². The predicted molar refractivity (Wildman–Crippen MR) is 102 cm³/mol. The third-order valence-corrected chi connectivity index (χ3v) is 3.47. The van der Waals surface area contributed by atoms with Crippen molar-refractivity contribution in [3.05, 3.63) is 48.6 Å². The van der Waals surface area contributed by atoms with Crippen molar-refractivity contribution < 1.29 is 5.11 Å². The molecule has 0 aromatic rings. The summed E-state index contributed by atoms with van der Waals surface area (Å²) in [4.78, 5) is 3.61. The second kappa shape index (κ2) is 18.5. The van der Waals surface area contributed by atoms with Crippen molar-refractivity contribution in [3.63, 3.8) is 0 Å². The van der Waals surface area contributed by atoms with Gasteiger partial charge in [0.15, 0.2) is 0 Å². The first-order valence-electron chi connectivity index (χ1n) is 9.03. The molecule has 0 bridgehead atoms. The van der Waals surface area contributed by atoms with E-state index in [1.165, 1.54) is 25.7 Å². The Morgan fingerprint density at radius 2 is 1.22 bits per heavy atom. The molecule has 2 heteroatoms. The first-order chi connectivity index (χ1) is 11.3. The van der Waals surface area contributed by atoms with Crippen LogP contribution < -0.4 is 5.11 Å². The molecular weight excluding hydrogens is 282 g/mol. The zero-order valence-electron chi connectivity index (χ0n) is 15.0. The molecule has 0 N–H and O–H groups in total. The Morgan fingerprint density at radius 1 is 0.739 bits per heavy atom. The summed E-state index contributed by atoms with van der Waals surface area (Å²) in [5.74, 6) is 0.000822. The van der Waals surface area contributed by atoms with Gasteiger partial charge in [-0.3, -0.25) is 0 Å². The zero-order chi connectivity index (χ0) is 17.0. The molecule has 0 rings (SSSR count). The van der Waals surface area contributed by atoms with Crippen molar-refractivity contribution >= 4 is 5.90 Å². The standard InChI is InChI=1S/C21H35NO/c1-3-4-5-6-7-8-9-10-11-12-13-14-15-16-17-18-19-20-21(23)22-2/h7-8,10-11,13-14,16-17H,3-6,9,12,15,18-20H2,1-2H3,(H,22,23)/p-1. The molecule has 0 aliphatic carbocycles. The van der Waals surface area contributed by atoms with E-state index in [1.54, 1.807) is 7.05 Å². The summed E-state index contributed by atoms with van der Waals surface area (Å²) in [6.07, 6.45) is 28.3. The fourth-order valence-electron chi connectivity index (χ4n) is 2.04. The Balaban J connectivity index is 3.44. The van der Waals surface area contributed by atoms with E-state index < -0.39 is 0 Å². The van der Waals surface area contributed by atoms with Gasteiger partial charge < -0.3 is 10.1 Å². The van der Waals surface area contributed by atoms with Crippen LogP contribution in [0.1, 0.15) is 71.1 Å². The van der Waals surface area contributed by atoms with E-state index in [0.29, 0.717) is 6.42 Å². The molecule has 0 radical (unpaired) electrons. The average Bonchev–Trinajstić information content (AvgIpc) is 2.57. The lowest BCUT2D eigenvalue weighted by Crippen LogP contribution is -2.16. The zero-order valence-corrected chi connectivity index (χ0v) is 15.0. The minimum absolute atomic E-state index is 0.000822. The Labute approximate surface area is 143 Å². The number of unbranched alkanes of at least 4 members (excludes halogenated alkanes) is 4. The smallest absolute Gasteiger partial charge is 0.0265 e. The maximum atomic E-state index is 11.0. The molecule has 0 saturated heterocycles. The summed E-state index contributed by atoms with van der Waals surface area (Å²) >= 11 is 0. The van der Waals surface area contributed by atoms with Crippen molar-refractivity contribution in [2.45, 2.75) is 71.1 Å². The van der Waals surface area contributed by atoms with Crippen LogP contribution in [0.3, 0.4) is 0 Å². The van der Waals surface area contributed by atoms with Crippen molar-refractivity contribution in [1.29, 1.82) is 0 Å². The lowest BCUT2D eigenvalue weighted by atomic mass is 10.2. The number of rotatable bonds is 14.